The summed E-state index contributed by atoms with van der Waals surface area (Å²) in [5.74, 6) is -0.132. The molecule has 0 unspecified atom stereocenters. The van der Waals surface area contributed by atoms with Gasteiger partial charge in [0.05, 0.1) is 21.1 Å². The van der Waals surface area contributed by atoms with Gasteiger partial charge in [-0.25, -0.2) is 4.79 Å². The van der Waals surface area contributed by atoms with Gasteiger partial charge in [-0.05, 0) is 93.9 Å². The van der Waals surface area contributed by atoms with Crippen molar-refractivity contribution in [3.8, 4) is 28.2 Å². The van der Waals surface area contributed by atoms with Gasteiger partial charge in [0.15, 0.2) is 11.3 Å². The van der Waals surface area contributed by atoms with Crippen LogP contribution in [0.2, 0.25) is 0 Å². The maximum atomic E-state index is 13.5. The summed E-state index contributed by atoms with van der Waals surface area (Å²) < 4.78 is 13.4. The third kappa shape index (κ3) is 10.2. The van der Waals surface area contributed by atoms with Crippen molar-refractivity contribution in [1.82, 2.24) is 0 Å². The van der Waals surface area contributed by atoms with Crippen molar-refractivity contribution in [3.63, 3.8) is 0 Å². The fourth-order valence-corrected chi connectivity index (χ4v) is 8.46. The van der Waals surface area contributed by atoms with Crippen molar-refractivity contribution >= 4 is 80.7 Å². The molecule has 0 saturated heterocycles. The predicted molar refractivity (Wildman–Crippen MR) is 207 cm³/mol. The maximum absolute atomic E-state index is 13.5. The first-order chi connectivity index (χ1) is 22.8. The number of carbonyl (C=O) groups is 1. The lowest BCUT2D eigenvalue weighted by Crippen LogP contribution is -2.10. The molecule has 254 valence electrons. The zero-order valence-electron chi connectivity index (χ0n) is 27.1. The van der Waals surface area contributed by atoms with Gasteiger partial charge in [-0.15, -0.1) is 0 Å². The summed E-state index contributed by atoms with van der Waals surface area (Å²) >= 11 is 13.7. The Kier molecular flexibility index (Phi) is 15.8. The normalized spacial score (nSPS) is 11.5. The minimum atomic E-state index is -0.404. The number of rotatable bonds is 19. The van der Waals surface area contributed by atoms with E-state index in [1.807, 2.05) is 18.2 Å². The molecule has 0 bridgehead atoms. The van der Waals surface area contributed by atoms with Crippen molar-refractivity contribution in [2.24, 2.45) is 0 Å². The van der Waals surface area contributed by atoms with Gasteiger partial charge in [-0.3, -0.25) is 4.79 Å². The Labute approximate surface area is 312 Å². The largest absolute Gasteiger partial charge is 0.505 e. The van der Waals surface area contributed by atoms with Crippen molar-refractivity contribution in [3.05, 3.63) is 70.1 Å². The number of phenols is 1. The molecule has 1 aliphatic carbocycles. The van der Waals surface area contributed by atoms with Crippen LogP contribution < -0.4 is 5.43 Å². The summed E-state index contributed by atoms with van der Waals surface area (Å²) in [5.41, 5.74) is 2.42. The molecular weight excluding hydrogens is 856 g/mol. The highest BCUT2D eigenvalue weighted by Gasteiger charge is 2.27. The van der Waals surface area contributed by atoms with E-state index in [0.29, 0.717) is 59.0 Å². The number of hydrogen-bond donors (Lipinski definition) is 1. The van der Waals surface area contributed by atoms with Gasteiger partial charge in [0.1, 0.15) is 14.7 Å². The molecule has 47 heavy (non-hydrogen) atoms. The molecule has 1 N–H and O–H groups in total. The number of unbranched alkanes of at least 4 members (excludes halogenated alkanes) is 15. The summed E-state index contributed by atoms with van der Waals surface area (Å²) in [6.45, 7) is 2.63. The smallest absolute Gasteiger partial charge is 0.338 e. The average Bonchev–Trinajstić information content (AvgIpc) is 3.07. The summed E-state index contributed by atoms with van der Waals surface area (Å²) in [7, 11) is 0. The van der Waals surface area contributed by atoms with Crippen molar-refractivity contribution in [2.75, 3.05) is 6.61 Å². The van der Waals surface area contributed by atoms with Crippen LogP contribution in [0, 0.1) is 0 Å². The number of ether oxygens (including phenoxy) is 1. The monoisotopic (exact) mass is 896 g/mol. The van der Waals surface area contributed by atoms with Crippen LogP contribution in [0.5, 0.6) is 5.75 Å². The zero-order valence-corrected chi connectivity index (χ0v) is 33.4. The Balaban J connectivity index is 1.33. The van der Waals surface area contributed by atoms with Crippen molar-refractivity contribution in [2.45, 2.75) is 110 Å². The molecule has 1 aliphatic heterocycles. The Hall–Kier alpha value is -1.68. The fourth-order valence-electron chi connectivity index (χ4n) is 6.06. The minimum Gasteiger partial charge on any atom is -0.505 e. The van der Waals surface area contributed by atoms with E-state index in [1.54, 1.807) is 18.2 Å². The number of carbonyl (C=O) groups excluding carboxylic acids is 1. The SMILES string of the molecule is CCCCCCCCCCCCCCCCCCOC(=O)c1ccccc1-c1c2cc(Br)c(=O)c(Br)c-2oc2c(Br)c(O)c(Br)cc12. The Morgan fingerprint density at radius 3 is 1.87 bits per heavy atom. The van der Waals surface area contributed by atoms with Gasteiger partial charge in [-0.2, -0.15) is 0 Å². The summed E-state index contributed by atoms with van der Waals surface area (Å²) in [5, 5.41) is 11.3. The third-order valence-corrected chi connectivity index (χ3v) is 11.3. The second-order valence-electron chi connectivity index (χ2n) is 12.2. The predicted octanol–water partition coefficient (Wildman–Crippen LogP) is 13.7. The number of fused-ring (bicyclic) bond motifs is 2. The van der Waals surface area contributed by atoms with Gasteiger partial charge in [-0.1, -0.05) is 121 Å². The lowest BCUT2D eigenvalue weighted by Gasteiger charge is -2.19. The molecule has 1 heterocycles. The van der Waals surface area contributed by atoms with E-state index in [0.717, 1.165) is 19.3 Å². The van der Waals surface area contributed by atoms with Gasteiger partial charge in [0.25, 0.3) is 0 Å². The molecule has 0 fully saturated rings. The van der Waals surface area contributed by atoms with Crippen LogP contribution in [-0.2, 0) is 4.74 Å². The van der Waals surface area contributed by atoms with Crippen molar-refractivity contribution in [1.29, 1.82) is 0 Å². The van der Waals surface area contributed by atoms with E-state index in [-0.39, 0.29) is 15.7 Å². The molecule has 0 spiro atoms. The van der Waals surface area contributed by atoms with Crippen LogP contribution in [0.1, 0.15) is 120 Å². The van der Waals surface area contributed by atoms with E-state index in [1.165, 1.54) is 83.5 Å². The third-order valence-electron chi connectivity index (χ3n) is 8.67. The van der Waals surface area contributed by atoms with E-state index >= 15 is 0 Å². The van der Waals surface area contributed by atoms with Crippen LogP contribution in [0.3, 0.4) is 0 Å². The first kappa shape index (κ1) is 38.1. The van der Waals surface area contributed by atoms with Gasteiger partial charge in [0.2, 0.25) is 5.43 Å². The second-order valence-corrected chi connectivity index (χ2v) is 15.5. The molecule has 5 nitrogen and oxygen atoms in total. The molecule has 9 heteroatoms. The second kappa shape index (κ2) is 19.5. The Morgan fingerprint density at radius 2 is 1.28 bits per heavy atom. The molecule has 0 radical (unpaired) electrons. The van der Waals surface area contributed by atoms with E-state index in [2.05, 4.69) is 70.6 Å². The Morgan fingerprint density at radius 1 is 0.723 bits per heavy atom. The molecule has 0 atom stereocenters. The highest BCUT2D eigenvalue weighted by molar-refractivity contribution is 9.11. The topological polar surface area (TPSA) is 76.7 Å². The molecule has 4 rings (SSSR count). The molecule has 0 saturated carbocycles. The molecular formula is C38H44Br4O5. The number of benzene rings is 3. The molecule has 2 aromatic carbocycles. The first-order valence-electron chi connectivity index (χ1n) is 17.0. The standard InChI is InChI=1S/C38H44Br4O5/c1-2-3-4-5-6-7-8-9-10-11-12-13-14-15-16-19-22-46-38(45)26-21-18-17-20-25(26)31-27-23-29(39)34(43)32(41)36(27)47-37-28(31)24-30(40)35(44)33(37)42/h17-18,20-21,23-24,43H,2-16,19,22H2,1H3. The Bertz CT molecular complexity index is 1660. The minimum absolute atomic E-state index is 0.0337. The molecule has 0 amide bonds. The number of esters is 1. The number of hydrogen-bond acceptors (Lipinski definition) is 5. The van der Waals surface area contributed by atoms with Crippen LogP contribution in [0.25, 0.3) is 33.4 Å². The fraction of sp³-hybridized carbons (Fsp3) is 0.474. The summed E-state index contributed by atoms with van der Waals surface area (Å²) in [6, 6.07) is 10.7. The summed E-state index contributed by atoms with van der Waals surface area (Å²) in [6.07, 6.45) is 20.6. The van der Waals surface area contributed by atoms with Crippen LogP contribution in [0.4, 0.5) is 0 Å². The zero-order chi connectivity index (χ0) is 33.8. The quantitative estimate of drug-likeness (QED) is 0.0576. The van der Waals surface area contributed by atoms with Gasteiger partial charge in [0, 0.05) is 16.5 Å². The number of halogens is 4. The van der Waals surface area contributed by atoms with E-state index in [4.69, 9.17) is 9.15 Å². The average molecular weight is 900 g/mol. The first-order valence-corrected chi connectivity index (χ1v) is 20.1. The van der Waals surface area contributed by atoms with Gasteiger partial charge >= 0.3 is 5.97 Å². The maximum Gasteiger partial charge on any atom is 0.338 e. The lowest BCUT2D eigenvalue weighted by atomic mass is 9.91. The molecule has 2 aliphatic rings. The number of aromatic hydroxyl groups is 1. The van der Waals surface area contributed by atoms with E-state index in [9.17, 15) is 14.7 Å². The highest BCUT2D eigenvalue weighted by Crippen LogP contribution is 2.49. The van der Waals surface area contributed by atoms with E-state index < -0.39 is 5.97 Å². The highest BCUT2D eigenvalue weighted by atomic mass is 79.9. The summed E-state index contributed by atoms with van der Waals surface area (Å²) in [4.78, 5) is 26.3. The van der Waals surface area contributed by atoms with Crippen LogP contribution in [0.15, 0.2) is 63.5 Å². The van der Waals surface area contributed by atoms with Crippen molar-refractivity contribution < 1.29 is 19.1 Å². The molecule has 2 aromatic rings. The van der Waals surface area contributed by atoms with Crippen LogP contribution >= 0.6 is 63.7 Å². The van der Waals surface area contributed by atoms with Crippen LogP contribution in [-0.4, -0.2) is 17.7 Å². The lowest BCUT2D eigenvalue weighted by molar-refractivity contribution is 0.0498. The number of phenolic OH excluding ortho intramolecular Hbond substituents is 1. The molecule has 0 aromatic heterocycles. The van der Waals surface area contributed by atoms with Gasteiger partial charge < -0.3 is 14.3 Å².